The lowest BCUT2D eigenvalue weighted by Crippen LogP contribution is -2.54. The van der Waals surface area contributed by atoms with Crippen LogP contribution in [0.3, 0.4) is 0 Å². The number of benzene rings is 4. The Morgan fingerprint density at radius 2 is 0.698 bits per heavy atom. The molecular weight excluding hydrogens is 771 g/mol. The summed E-state index contributed by atoms with van der Waals surface area (Å²) >= 11 is 0. The molecule has 0 nitrogen and oxygen atoms in total. The van der Waals surface area contributed by atoms with E-state index in [0.29, 0.717) is 0 Å². The molecule has 0 fully saturated rings. The third-order valence-corrected chi connectivity index (χ3v) is 13.3. The molecule has 4 aromatic rings. The van der Waals surface area contributed by atoms with Crippen LogP contribution >= 0.6 is 0 Å². The Bertz CT molecular complexity index is 2120. The summed E-state index contributed by atoms with van der Waals surface area (Å²) in [4.78, 5) is 0. The summed E-state index contributed by atoms with van der Waals surface area (Å²) < 4.78 is 230. The summed E-state index contributed by atoms with van der Waals surface area (Å²) in [6.07, 6.45) is 0. The normalized spacial score (nSPS) is 13.9. The highest BCUT2D eigenvalue weighted by Gasteiger charge is 2.54. The van der Waals surface area contributed by atoms with E-state index in [0.717, 1.165) is 0 Å². The van der Waals surface area contributed by atoms with Crippen molar-refractivity contribution in [3.8, 4) is 0 Å². The number of hydrogen-bond acceptors (Lipinski definition) is 0. The lowest BCUT2D eigenvalue weighted by atomic mass is 9.33. The molecule has 1 aliphatic heterocycles. The molecule has 0 radical (unpaired) electrons. The minimum absolute atomic E-state index is 0.173. The Labute approximate surface area is 295 Å². The van der Waals surface area contributed by atoms with E-state index in [2.05, 4.69) is 0 Å². The van der Waals surface area contributed by atoms with Gasteiger partial charge in [0.1, 0.15) is 0 Å². The molecule has 278 valence electrons. The van der Waals surface area contributed by atoms with Gasteiger partial charge in [-0.15, -0.1) is 5.10 Å². The predicted octanol–water partition coefficient (Wildman–Crippen LogP) is 8.92. The molecule has 0 atom stereocenters. The van der Waals surface area contributed by atoms with Crippen LogP contribution in [-0.4, -0.2) is 29.6 Å². The fourth-order valence-electron chi connectivity index (χ4n) is 6.93. The Morgan fingerprint density at radius 3 is 1.02 bits per heavy atom. The van der Waals surface area contributed by atoms with Gasteiger partial charge >= 0.3 is 0 Å². The van der Waals surface area contributed by atoms with Crippen LogP contribution in [0.2, 0.25) is 39.3 Å². The minimum Gasteiger partial charge on any atom is -0.204 e. The highest BCUT2D eigenvalue weighted by molar-refractivity contribution is 7.17. The topological polar surface area (TPSA) is 0 Å². The first-order valence-corrected chi connectivity index (χ1v) is 22.5. The van der Waals surface area contributed by atoms with Crippen molar-refractivity contribution in [2.75, 3.05) is 0 Å². The van der Waals surface area contributed by atoms with Crippen molar-refractivity contribution < 1.29 is 65.9 Å². The average Bonchev–Trinajstić information content (AvgIpc) is 3.46. The molecule has 0 unspecified atom stereocenters. The summed E-state index contributed by atoms with van der Waals surface area (Å²) in [5.74, 6) is -40.8. The number of rotatable bonds is 7. The van der Waals surface area contributed by atoms with Crippen molar-refractivity contribution in [1.29, 1.82) is 0 Å². The van der Waals surface area contributed by atoms with Crippen LogP contribution in [0.4, 0.5) is 65.9 Å². The molecule has 5 rings (SSSR count). The standard InChI is InChI=1S/C34H23B2F15Si2/c1-52(2,3)33-13(14-18(37)24(43)30(49)25(44)19(14)38)15(34(53(4,5)6)35(33)12-10-8-7-9-11-12)36(16-20(39)26(45)31(50)27(46)21(16)40)17-22(41)28(47)32(51)29(48)23(17)42/h7-11H,1-6H3. The van der Waals surface area contributed by atoms with Crippen molar-refractivity contribution in [3.63, 3.8) is 0 Å². The van der Waals surface area contributed by atoms with Crippen LogP contribution in [0.15, 0.2) is 46.0 Å². The fourth-order valence-corrected chi connectivity index (χ4v) is 11.5. The van der Waals surface area contributed by atoms with E-state index in [1.54, 1.807) is 0 Å². The van der Waals surface area contributed by atoms with Crippen molar-refractivity contribution in [1.82, 2.24) is 0 Å². The van der Waals surface area contributed by atoms with Crippen molar-refractivity contribution in [2.24, 2.45) is 0 Å². The third-order valence-electron chi connectivity index (χ3n) is 8.97. The Morgan fingerprint density at radius 1 is 0.396 bits per heavy atom. The van der Waals surface area contributed by atoms with E-state index in [4.69, 9.17) is 0 Å². The second-order valence-corrected chi connectivity index (χ2v) is 24.4. The van der Waals surface area contributed by atoms with E-state index >= 15 is 52.7 Å². The Hall–Kier alpha value is -4.13. The highest BCUT2D eigenvalue weighted by Crippen LogP contribution is 2.48. The maximum absolute atomic E-state index is 16.1. The first kappa shape index (κ1) is 40.1. The number of allylic oxidation sites excluding steroid dienone is 2. The molecular formula is C34H23B2F15Si2. The van der Waals surface area contributed by atoms with Gasteiger partial charge in [0.05, 0.1) is 21.7 Å². The summed E-state index contributed by atoms with van der Waals surface area (Å²) in [6, 6.07) is 7.22. The monoisotopic (exact) mass is 794 g/mol. The van der Waals surface area contributed by atoms with Gasteiger partial charge in [0.2, 0.25) is 12.5 Å². The van der Waals surface area contributed by atoms with Gasteiger partial charge in [0.15, 0.2) is 81.4 Å². The zero-order valence-electron chi connectivity index (χ0n) is 28.2. The molecule has 19 heteroatoms. The van der Waals surface area contributed by atoms with Crippen molar-refractivity contribution in [3.05, 3.63) is 139 Å². The van der Waals surface area contributed by atoms with Crippen LogP contribution in [0, 0.1) is 87.3 Å². The lowest BCUT2D eigenvalue weighted by Gasteiger charge is -2.32. The van der Waals surface area contributed by atoms with E-state index in [9.17, 15) is 13.2 Å². The van der Waals surface area contributed by atoms with Gasteiger partial charge in [0, 0.05) is 10.9 Å². The summed E-state index contributed by atoms with van der Waals surface area (Å²) in [5, 5.41) is -0.477. The van der Waals surface area contributed by atoms with E-state index < -0.39 is 144 Å². The van der Waals surface area contributed by atoms with Gasteiger partial charge in [-0.1, -0.05) is 85.6 Å². The van der Waals surface area contributed by atoms with Crippen LogP contribution in [0.25, 0.3) is 5.57 Å². The van der Waals surface area contributed by atoms with Crippen LogP contribution in [0.5, 0.6) is 0 Å². The summed E-state index contributed by atoms with van der Waals surface area (Å²) in [6.45, 7) is 4.07. The smallest absolute Gasteiger partial charge is 0.204 e. The molecule has 0 bridgehead atoms. The van der Waals surface area contributed by atoms with Crippen molar-refractivity contribution in [2.45, 2.75) is 39.3 Å². The second-order valence-electron chi connectivity index (χ2n) is 14.3. The maximum Gasteiger partial charge on any atom is 0.256 e. The molecule has 0 aromatic heterocycles. The molecule has 1 heterocycles. The van der Waals surface area contributed by atoms with Gasteiger partial charge in [-0.2, -0.15) is 0 Å². The third kappa shape index (κ3) is 6.16. The SMILES string of the molecule is C[Si](C)(C)C1=C(B(c2c(F)c(F)c(F)c(F)c2F)c2c(F)c(F)c(F)c(F)c2F)C(c2c(F)c(F)c(F)c(F)c2F)=C([Si](C)(C)C)B1c1ccccc1. The first-order chi connectivity index (χ1) is 24.4. The number of hydrogen-bond donors (Lipinski definition) is 0. The molecule has 4 aromatic carbocycles. The van der Waals surface area contributed by atoms with E-state index in [1.807, 2.05) is 0 Å². The first-order valence-electron chi connectivity index (χ1n) is 15.5. The second kappa shape index (κ2) is 13.6. The van der Waals surface area contributed by atoms with Gasteiger partial charge < -0.3 is 0 Å². The maximum atomic E-state index is 16.1. The Balaban J connectivity index is 2.24. The zero-order chi connectivity index (χ0) is 40.0. The van der Waals surface area contributed by atoms with Gasteiger partial charge in [-0.3, -0.25) is 0 Å². The average molecular weight is 794 g/mol. The highest BCUT2D eigenvalue weighted by atomic mass is 28.3. The molecule has 0 amide bonds. The lowest BCUT2D eigenvalue weighted by molar-refractivity contribution is 0.376. The van der Waals surface area contributed by atoms with Gasteiger partial charge in [-0.25, -0.2) is 65.9 Å². The van der Waals surface area contributed by atoms with Crippen LogP contribution < -0.4 is 16.4 Å². The molecule has 1 aliphatic rings. The zero-order valence-corrected chi connectivity index (χ0v) is 30.2. The minimum atomic E-state index is -3.53. The molecule has 0 spiro atoms. The van der Waals surface area contributed by atoms with Gasteiger partial charge in [0.25, 0.3) is 6.71 Å². The number of halogens is 15. The van der Waals surface area contributed by atoms with E-state index in [-0.39, 0.29) is 15.7 Å². The van der Waals surface area contributed by atoms with Gasteiger partial charge in [-0.05, 0) is 5.57 Å². The predicted molar refractivity (Wildman–Crippen MR) is 176 cm³/mol. The van der Waals surface area contributed by atoms with Crippen LogP contribution in [0.1, 0.15) is 5.56 Å². The van der Waals surface area contributed by atoms with Crippen LogP contribution in [-0.2, 0) is 0 Å². The summed E-state index contributed by atoms with van der Waals surface area (Å²) in [5.41, 5.74) is -8.39. The Kier molecular flexibility index (Phi) is 10.3. The largest absolute Gasteiger partial charge is 0.256 e. The molecule has 0 saturated heterocycles. The molecule has 0 aliphatic carbocycles. The van der Waals surface area contributed by atoms with E-state index in [1.165, 1.54) is 69.6 Å². The molecule has 0 saturated carbocycles. The fraction of sp³-hybridized carbons (Fsp3) is 0.176. The van der Waals surface area contributed by atoms with Crippen molar-refractivity contribution >= 4 is 51.5 Å². The molecule has 0 N–H and O–H groups in total. The summed E-state index contributed by atoms with van der Waals surface area (Å²) in [7, 11) is -6.97. The quantitative estimate of drug-likeness (QED) is 0.0760. The molecule has 53 heavy (non-hydrogen) atoms.